The summed E-state index contributed by atoms with van der Waals surface area (Å²) in [6.07, 6.45) is 7.30. The number of thiazole rings is 1. The standard InChI is InChI=1S/C23H27FN4S/c1-3-21(17-6-8-28(9-7-17)14-16(2)24)27-23-11-20-10-18(22-13-25-15-29-22)4-5-19(20)12-26-23/h3-5,10-13,15-17H,6-9,14H2,1-2H3,(H,26,27)/b21-3+/t16-/m1/s1. The number of rotatable bonds is 6. The Hall–Kier alpha value is -2.31. The Morgan fingerprint density at radius 3 is 2.79 bits per heavy atom. The molecule has 1 fully saturated rings. The molecule has 4 nitrogen and oxygen atoms in total. The average Bonchev–Trinajstić information content (AvgIpc) is 3.27. The minimum atomic E-state index is -0.762. The van der Waals surface area contributed by atoms with Crippen molar-refractivity contribution >= 4 is 27.9 Å². The first-order chi connectivity index (χ1) is 14.1. The van der Waals surface area contributed by atoms with Crippen LogP contribution in [0.2, 0.25) is 0 Å². The smallest absolute Gasteiger partial charge is 0.130 e. The summed E-state index contributed by atoms with van der Waals surface area (Å²) in [5.41, 5.74) is 4.25. The molecule has 1 aliphatic heterocycles. The Bertz CT molecular complexity index is 976. The molecule has 0 bridgehead atoms. The highest BCUT2D eigenvalue weighted by Gasteiger charge is 2.23. The number of benzene rings is 1. The molecule has 0 amide bonds. The van der Waals surface area contributed by atoms with Gasteiger partial charge in [0.25, 0.3) is 0 Å². The van der Waals surface area contributed by atoms with Crippen molar-refractivity contribution in [2.24, 2.45) is 5.92 Å². The molecule has 1 aromatic carbocycles. The summed E-state index contributed by atoms with van der Waals surface area (Å²) < 4.78 is 13.3. The normalized spacial score (nSPS) is 17.6. The molecule has 3 aromatic rings. The SMILES string of the molecule is C/C=C(/Nc1cc2cc(-c3cncs3)ccc2cn1)C1CCN(C[C@@H](C)F)CC1. The van der Waals surface area contributed by atoms with Crippen LogP contribution in [0.15, 0.2) is 53.9 Å². The average molecular weight is 411 g/mol. The monoisotopic (exact) mass is 410 g/mol. The molecule has 4 rings (SSSR count). The molecule has 29 heavy (non-hydrogen) atoms. The van der Waals surface area contributed by atoms with Crippen LogP contribution in [-0.4, -0.2) is 40.7 Å². The molecular formula is C23H27FN4S. The van der Waals surface area contributed by atoms with Crippen molar-refractivity contribution in [2.75, 3.05) is 25.0 Å². The highest BCUT2D eigenvalue weighted by molar-refractivity contribution is 7.13. The van der Waals surface area contributed by atoms with Crippen molar-refractivity contribution in [1.29, 1.82) is 0 Å². The summed E-state index contributed by atoms with van der Waals surface area (Å²) in [7, 11) is 0. The van der Waals surface area contributed by atoms with Gasteiger partial charge < -0.3 is 10.2 Å². The molecule has 0 unspecified atom stereocenters. The van der Waals surface area contributed by atoms with Gasteiger partial charge in [-0.25, -0.2) is 9.37 Å². The number of alkyl halides is 1. The van der Waals surface area contributed by atoms with E-state index in [0.717, 1.165) is 42.5 Å². The van der Waals surface area contributed by atoms with Crippen LogP contribution in [0.4, 0.5) is 10.2 Å². The molecule has 1 aliphatic rings. The third-order valence-corrected chi connectivity index (χ3v) is 6.38. The van der Waals surface area contributed by atoms with Gasteiger partial charge in [0.1, 0.15) is 12.0 Å². The lowest BCUT2D eigenvalue weighted by Gasteiger charge is -2.33. The molecular weight excluding hydrogens is 383 g/mol. The molecule has 1 atom stereocenters. The van der Waals surface area contributed by atoms with Crippen LogP contribution in [-0.2, 0) is 0 Å². The van der Waals surface area contributed by atoms with Crippen LogP contribution in [0, 0.1) is 5.92 Å². The highest BCUT2D eigenvalue weighted by atomic mass is 32.1. The van der Waals surface area contributed by atoms with Gasteiger partial charge in [0.2, 0.25) is 0 Å². The second-order valence-corrected chi connectivity index (χ2v) is 8.61. The Labute approximate surface area is 175 Å². The van der Waals surface area contributed by atoms with Gasteiger partial charge in [-0.05, 0) is 62.9 Å². The van der Waals surface area contributed by atoms with Gasteiger partial charge in [-0.2, -0.15) is 0 Å². The number of nitrogens with zero attached hydrogens (tertiary/aromatic N) is 3. The van der Waals surface area contributed by atoms with Crippen molar-refractivity contribution in [3.8, 4) is 10.4 Å². The largest absolute Gasteiger partial charge is 0.344 e. The topological polar surface area (TPSA) is 41.1 Å². The maximum Gasteiger partial charge on any atom is 0.130 e. The number of allylic oxidation sites excluding steroid dienone is 2. The van der Waals surface area contributed by atoms with E-state index in [1.165, 1.54) is 16.1 Å². The molecule has 3 heterocycles. The molecule has 6 heteroatoms. The van der Waals surface area contributed by atoms with Gasteiger partial charge in [0.15, 0.2) is 0 Å². The number of nitrogens with one attached hydrogen (secondary N) is 1. The summed E-state index contributed by atoms with van der Waals surface area (Å²) in [6.45, 7) is 6.14. The minimum Gasteiger partial charge on any atom is -0.344 e. The fourth-order valence-corrected chi connectivity index (χ4v) is 4.68. The van der Waals surface area contributed by atoms with Crippen molar-refractivity contribution < 1.29 is 4.39 Å². The van der Waals surface area contributed by atoms with Crippen LogP contribution >= 0.6 is 11.3 Å². The van der Waals surface area contributed by atoms with Gasteiger partial charge in [-0.15, -0.1) is 11.3 Å². The van der Waals surface area contributed by atoms with Crippen molar-refractivity contribution in [3.05, 3.63) is 53.9 Å². The van der Waals surface area contributed by atoms with E-state index in [4.69, 9.17) is 0 Å². The number of likely N-dealkylation sites (tertiary alicyclic amines) is 1. The fraction of sp³-hybridized carbons (Fsp3) is 0.391. The summed E-state index contributed by atoms with van der Waals surface area (Å²) in [6, 6.07) is 8.54. The van der Waals surface area contributed by atoms with Crippen LogP contribution in [0.3, 0.4) is 0 Å². The van der Waals surface area contributed by atoms with E-state index < -0.39 is 6.17 Å². The first-order valence-electron chi connectivity index (χ1n) is 10.2. The van der Waals surface area contributed by atoms with E-state index in [2.05, 4.69) is 57.4 Å². The number of aromatic nitrogens is 2. The summed E-state index contributed by atoms with van der Waals surface area (Å²) in [5.74, 6) is 1.33. The van der Waals surface area contributed by atoms with E-state index >= 15 is 0 Å². The van der Waals surface area contributed by atoms with Gasteiger partial charge in [0.05, 0.1) is 10.4 Å². The van der Waals surface area contributed by atoms with Crippen LogP contribution < -0.4 is 5.32 Å². The zero-order valence-corrected chi connectivity index (χ0v) is 17.8. The second-order valence-electron chi connectivity index (χ2n) is 7.72. The van der Waals surface area contributed by atoms with Crippen molar-refractivity contribution in [2.45, 2.75) is 32.9 Å². The third kappa shape index (κ3) is 4.82. The molecule has 152 valence electrons. The minimum absolute atomic E-state index is 0.465. The van der Waals surface area contributed by atoms with Gasteiger partial charge >= 0.3 is 0 Å². The van der Waals surface area contributed by atoms with Gasteiger partial charge in [-0.3, -0.25) is 4.98 Å². The maximum atomic E-state index is 13.3. The Balaban J connectivity index is 1.47. The summed E-state index contributed by atoms with van der Waals surface area (Å²) in [5, 5.41) is 5.84. The number of pyridine rings is 1. The Kier molecular flexibility index (Phi) is 6.21. The lowest BCUT2D eigenvalue weighted by Crippen LogP contribution is -2.38. The van der Waals surface area contributed by atoms with Crippen LogP contribution in [0.25, 0.3) is 21.2 Å². The first-order valence-corrected chi connectivity index (χ1v) is 11.1. The second kappa shape index (κ2) is 9.01. The van der Waals surface area contributed by atoms with Crippen LogP contribution in [0.1, 0.15) is 26.7 Å². The van der Waals surface area contributed by atoms with Gasteiger partial charge in [-0.1, -0.05) is 18.2 Å². The first kappa shape index (κ1) is 20.0. The van der Waals surface area contributed by atoms with E-state index in [1.54, 1.807) is 18.3 Å². The number of hydrogen-bond acceptors (Lipinski definition) is 5. The quantitative estimate of drug-likeness (QED) is 0.562. The van der Waals surface area contributed by atoms with Crippen LogP contribution in [0.5, 0.6) is 0 Å². The maximum absolute atomic E-state index is 13.3. The van der Waals surface area contributed by atoms with E-state index in [-0.39, 0.29) is 0 Å². The number of halogens is 1. The lowest BCUT2D eigenvalue weighted by atomic mass is 9.93. The zero-order chi connectivity index (χ0) is 20.2. The molecule has 2 aromatic heterocycles. The predicted molar refractivity (Wildman–Crippen MR) is 120 cm³/mol. The molecule has 0 spiro atoms. The number of hydrogen-bond donors (Lipinski definition) is 1. The van der Waals surface area contributed by atoms with Gasteiger partial charge in [0, 0.05) is 35.9 Å². The van der Waals surface area contributed by atoms with Crippen molar-refractivity contribution in [1.82, 2.24) is 14.9 Å². The number of piperidine rings is 1. The molecule has 0 saturated carbocycles. The predicted octanol–water partition coefficient (Wildman–Crippen LogP) is 5.74. The highest BCUT2D eigenvalue weighted by Crippen LogP contribution is 2.29. The van der Waals surface area contributed by atoms with E-state index in [9.17, 15) is 4.39 Å². The fourth-order valence-electron chi connectivity index (χ4n) is 4.06. The Morgan fingerprint density at radius 1 is 1.28 bits per heavy atom. The van der Waals surface area contributed by atoms with E-state index in [1.807, 2.05) is 17.9 Å². The molecule has 1 saturated heterocycles. The summed E-state index contributed by atoms with van der Waals surface area (Å²) in [4.78, 5) is 12.2. The molecule has 0 radical (unpaired) electrons. The summed E-state index contributed by atoms with van der Waals surface area (Å²) >= 11 is 1.65. The van der Waals surface area contributed by atoms with E-state index in [0.29, 0.717) is 12.5 Å². The molecule has 0 aliphatic carbocycles. The zero-order valence-electron chi connectivity index (χ0n) is 16.9. The molecule has 1 N–H and O–H groups in total. The number of anilines is 1. The lowest BCUT2D eigenvalue weighted by molar-refractivity contribution is 0.156. The Morgan fingerprint density at radius 2 is 2.10 bits per heavy atom. The third-order valence-electron chi connectivity index (χ3n) is 5.56. The van der Waals surface area contributed by atoms with Crippen molar-refractivity contribution in [3.63, 3.8) is 0 Å². The number of fused-ring (bicyclic) bond motifs is 1.